The molecular formula is C18H18ClFN6O. The SMILES string of the molecule is NC(=O)[C@H]1CCCC[C@H]1Nc1nc(-c2c[nH]c3ncc(Cl)cc23)ncc1F. The molecule has 1 aliphatic rings. The van der Waals surface area contributed by atoms with Crippen molar-refractivity contribution >= 4 is 34.4 Å². The van der Waals surface area contributed by atoms with Crippen LogP contribution < -0.4 is 11.1 Å². The van der Waals surface area contributed by atoms with Crippen molar-refractivity contribution in [3.8, 4) is 11.4 Å². The number of rotatable bonds is 4. The molecule has 3 aromatic heterocycles. The third-order valence-corrected chi connectivity index (χ3v) is 5.14. The average molecular weight is 389 g/mol. The molecule has 1 saturated carbocycles. The van der Waals surface area contributed by atoms with Gasteiger partial charge >= 0.3 is 0 Å². The average Bonchev–Trinajstić information content (AvgIpc) is 3.07. The molecule has 1 fully saturated rings. The van der Waals surface area contributed by atoms with Crippen LogP contribution in [0.25, 0.3) is 22.4 Å². The van der Waals surface area contributed by atoms with E-state index in [0.29, 0.717) is 28.5 Å². The number of halogens is 2. The summed E-state index contributed by atoms with van der Waals surface area (Å²) >= 11 is 6.03. The van der Waals surface area contributed by atoms with Crippen LogP contribution >= 0.6 is 11.6 Å². The predicted octanol–water partition coefficient (Wildman–Crippen LogP) is 3.27. The fourth-order valence-electron chi connectivity index (χ4n) is 3.58. The molecule has 0 spiro atoms. The van der Waals surface area contributed by atoms with Crippen LogP contribution in [-0.4, -0.2) is 31.9 Å². The highest BCUT2D eigenvalue weighted by Gasteiger charge is 2.30. The fraction of sp³-hybridized carbons (Fsp3) is 0.333. The van der Waals surface area contributed by atoms with Gasteiger partial charge in [0.1, 0.15) is 5.65 Å². The first-order valence-electron chi connectivity index (χ1n) is 8.74. The van der Waals surface area contributed by atoms with Crippen LogP contribution in [0.4, 0.5) is 10.2 Å². The van der Waals surface area contributed by atoms with E-state index in [-0.39, 0.29) is 23.7 Å². The number of aromatic amines is 1. The van der Waals surface area contributed by atoms with Crippen molar-refractivity contribution in [2.24, 2.45) is 11.7 Å². The molecule has 4 N–H and O–H groups in total. The molecule has 0 aromatic carbocycles. The van der Waals surface area contributed by atoms with Crippen LogP contribution in [-0.2, 0) is 4.79 Å². The lowest BCUT2D eigenvalue weighted by molar-refractivity contribution is -0.122. The maximum Gasteiger partial charge on any atom is 0.222 e. The standard InChI is InChI=1S/C18H18ClFN6O/c19-9-5-11-12(7-23-16(11)22-6-9)17-24-8-13(20)18(26-17)25-14-4-2-1-3-10(14)15(21)27/h5-8,10,14H,1-4H2,(H2,21,27)(H,22,23)(H,24,25,26)/t10-,14+/m0/s1. The number of anilines is 1. The zero-order valence-electron chi connectivity index (χ0n) is 14.4. The summed E-state index contributed by atoms with van der Waals surface area (Å²) < 4.78 is 14.3. The van der Waals surface area contributed by atoms with E-state index in [1.807, 2.05) is 0 Å². The van der Waals surface area contributed by atoms with Gasteiger partial charge in [0.15, 0.2) is 17.5 Å². The van der Waals surface area contributed by atoms with Gasteiger partial charge in [0.25, 0.3) is 0 Å². The number of amides is 1. The molecule has 7 nitrogen and oxygen atoms in total. The lowest BCUT2D eigenvalue weighted by atomic mass is 9.84. The normalized spacial score (nSPS) is 19.9. The molecule has 27 heavy (non-hydrogen) atoms. The van der Waals surface area contributed by atoms with Gasteiger partial charge in [-0.1, -0.05) is 24.4 Å². The molecular weight excluding hydrogens is 371 g/mol. The topological polar surface area (TPSA) is 110 Å². The summed E-state index contributed by atoms with van der Waals surface area (Å²) in [4.78, 5) is 27.4. The molecule has 0 radical (unpaired) electrons. The number of nitrogens with zero attached hydrogens (tertiary/aromatic N) is 3. The second kappa shape index (κ2) is 7.11. The molecule has 140 valence electrons. The molecule has 0 saturated heterocycles. The molecule has 0 aliphatic heterocycles. The molecule has 0 bridgehead atoms. The van der Waals surface area contributed by atoms with E-state index in [4.69, 9.17) is 17.3 Å². The van der Waals surface area contributed by atoms with E-state index < -0.39 is 5.82 Å². The number of pyridine rings is 1. The van der Waals surface area contributed by atoms with Gasteiger partial charge in [0.2, 0.25) is 5.91 Å². The Morgan fingerprint density at radius 3 is 2.93 bits per heavy atom. The van der Waals surface area contributed by atoms with Gasteiger partial charge in [-0.05, 0) is 18.9 Å². The van der Waals surface area contributed by atoms with Gasteiger partial charge in [-0.2, -0.15) is 0 Å². The van der Waals surface area contributed by atoms with E-state index in [9.17, 15) is 9.18 Å². The van der Waals surface area contributed by atoms with Gasteiger partial charge in [-0.3, -0.25) is 4.79 Å². The summed E-state index contributed by atoms with van der Waals surface area (Å²) in [5.74, 6) is -0.904. The van der Waals surface area contributed by atoms with Crippen LogP contribution in [0.5, 0.6) is 0 Å². The number of H-pyrrole nitrogens is 1. The molecule has 1 amide bonds. The number of hydrogen-bond acceptors (Lipinski definition) is 5. The Bertz CT molecular complexity index is 1010. The zero-order chi connectivity index (χ0) is 19.0. The minimum Gasteiger partial charge on any atom is -0.369 e. The lowest BCUT2D eigenvalue weighted by Crippen LogP contribution is -2.40. The van der Waals surface area contributed by atoms with E-state index in [1.54, 1.807) is 12.3 Å². The van der Waals surface area contributed by atoms with Crippen molar-refractivity contribution in [1.82, 2.24) is 19.9 Å². The highest BCUT2D eigenvalue weighted by atomic mass is 35.5. The third-order valence-electron chi connectivity index (χ3n) is 4.94. The van der Waals surface area contributed by atoms with Crippen LogP contribution in [0.3, 0.4) is 0 Å². The smallest absolute Gasteiger partial charge is 0.222 e. The summed E-state index contributed by atoms with van der Waals surface area (Å²) in [5.41, 5.74) is 6.81. The zero-order valence-corrected chi connectivity index (χ0v) is 15.1. The number of carbonyl (C=O) groups is 1. The third kappa shape index (κ3) is 3.44. The van der Waals surface area contributed by atoms with E-state index in [1.165, 1.54) is 6.20 Å². The quantitative estimate of drug-likeness (QED) is 0.635. The maximum absolute atomic E-state index is 14.3. The van der Waals surface area contributed by atoms with Crippen molar-refractivity contribution < 1.29 is 9.18 Å². The van der Waals surface area contributed by atoms with Crippen molar-refractivity contribution in [2.75, 3.05) is 5.32 Å². The summed E-state index contributed by atoms with van der Waals surface area (Å²) in [6, 6.07) is 1.51. The Morgan fingerprint density at radius 2 is 2.11 bits per heavy atom. The van der Waals surface area contributed by atoms with E-state index in [0.717, 1.165) is 30.8 Å². The van der Waals surface area contributed by atoms with Crippen molar-refractivity contribution in [3.63, 3.8) is 0 Å². The Labute approximate surface area is 159 Å². The summed E-state index contributed by atoms with van der Waals surface area (Å²) in [6.45, 7) is 0. The van der Waals surface area contributed by atoms with Gasteiger partial charge in [0.05, 0.1) is 17.1 Å². The largest absolute Gasteiger partial charge is 0.369 e. The monoisotopic (exact) mass is 388 g/mol. The van der Waals surface area contributed by atoms with Crippen LogP contribution in [0.15, 0.2) is 24.7 Å². The number of aromatic nitrogens is 4. The molecule has 4 rings (SSSR count). The number of hydrogen-bond donors (Lipinski definition) is 3. The van der Waals surface area contributed by atoms with Crippen LogP contribution in [0.2, 0.25) is 5.02 Å². The highest BCUT2D eigenvalue weighted by Crippen LogP contribution is 2.30. The Kier molecular flexibility index (Phi) is 4.65. The van der Waals surface area contributed by atoms with Gasteiger partial charge in [-0.25, -0.2) is 19.3 Å². The molecule has 2 atom stereocenters. The summed E-state index contributed by atoms with van der Waals surface area (Å²) in [7, 11) is 0. The van der Waals surface area contributed by atoms with Crippen LogP contribution in [0, 0.1) is 11.7 Å². The minimum atomic E-state index is -0.580. The van der Waals surface area contributed by atoms with Crippen molar-refractivity contribution in [3.05, 3.63) is 35.5 Å². The summed E-state index contributed by atoms with van der Waals surface area (Å²) in [5, 5.41) is 4.29. The molecule has 3 aromatic rings. The van der Waals surface area contributed by atoms with Gasteiger partial charge in [0, 0.05) is 29.4 Å². The fourth-order valence-corrected chi connectivity index (χ4v) is 3.74. The molecule has 0 unspecified atom stereocenters. The maximum atomic E-state index is 14.3. The first-order chi connectivity index (χ1) is 13.0. The first-order valence-corrected chi connectivity index (χ1v) is 9.12. The summed E-state index contributed by atoms with van der Waals surface area (Å²) in [6.07, 6.45) is 7.68. The molecule has 1 aliphatic carbocycles. The van der Waals surface area contributed by atoms with Crippen molar-refractivity contribution in [2.45, 2.75) is 31.7 Å². The van der Waals surface area contributed by atoms with Gasteiger partial charge in [-0.15, -0.1) is 0 Å². The number of carbonyl (C=O) groups excluding carboxylic acids is 1. The number of primary amides is 1. The Morgan fingerprint density at radius 1 is 1.30 bits per heavy atom. The number of nitrogens with one attached hydrogen (secondary N) is 2. The van der Waals surface area contributed by atoms with Crippen molar-refractivity contribution in [1.29, 1.82) is 0 Å². The minimum absolute atomic E-state index is 0.0579. The predicted molar refractivity (Wildman–Crippen MR) is 101 cm³/mol. The highest BCUT2D eigenvalue weighted by molar-refractivity contribution is 6.31. The lowest BCUT2D eigenvalue weighted by Gasteiger charge is -2.30. The number of nitrogens with two attached hydrogens (primary N) is 1. The Hall–Kier alpha value is -2.74. The van der Waals surface area contributed by atoms with E-state index in [2.05, 4.69) is 25.3 Å². The number of fused-ring (bicyclic) bond motifs is 1. The Balaban J connectivity index is 1.69. The van der Waals surface area contributed by atoms with Gasteiger partial charge < -0.3 is 16.0 Å². The second-order valence-electron chi connectivity index (χ2n) is 6.69. The molecule has 9 heteroatoms. The van der Waals surface area contributed by atoms with Crippen LogP contribution in [0.1, 0.15) is 25.7 Å². The van der Waals surface area contributed by atoms with E-state index >= 15 is 0 Å². The second-order valence-corrected chi connectivity index (χ2v) is 7.12. The molecule has 3 heterocycles. The first kappa shape index (κ1) is 17.7.